The van der Waals surface area contributed by atoms with Gasteiger partial charge in [-0.25, -0.2) is 13.8 Å². The Bertz CT molecular complexity index is 1700. The molecule has 1 unspecified atom stereocenters. The number of hydrogen-bond donors (Lipinski definition) is 2. The molecule has 2 aromatic heterocycles. The number of fused-ring (bicyclic) bond motifs is 1. The smallest absolute Gasteiger partial charge is 0.272 e. The van der Waals surface area contributed by atoms with Gasteiger partial charge in [0.05, 0.1) is 40.0 Å². The first-order valence-electron chi connectivity index (χ1n) is 14.8. The van der Waals surface area contributed by atoms with Crippen molar-refractivity contribution < 1.29 is 27.9 Å². The maximum Gasteiger partial charge on any atom is 0.272 e. The second-order valence-electron chi connectivity index (χ2n) is 13.1. The number of amides is 3. The Kier molecular flexibility index (Phi) is 9.09. The summed E-state index contributed by atoms with van der Waals surface area (Å²) in [5, 5.41) is 15.5. The molecule has 2 saturated heterocycles. The molecule has 2 fully saturated rings. The van der Waals surface area contributed by atoms with Crippen molar-refractivity contribution in [2.24, 2.45) is 10.8 Å². The minimum absolute atomic E-state index is 0.0650. The van der Waals surface area contributed by atoms with E-state index in [1.165, 1.54) is 12.1 Å². The number of nitrogens with zero attached hydrogens (tertiary/aromatic N) is 4. The van der Waals surface area contributed by atoms with Gasteiger partial charge in [0.2, 0.25) is 5.95 Å². The number of imidazole rings is 1. The molecule has 3 amide bonds. The lowest BCUT2D eigenvalue weighted by molar-refractivity contribution is -0.128. The Hall–Kier alpha value is -4.15. The molecular formula is C32H36F2N6O4S. The molecule has 2 aliphatic heterocycles. The van der Waals surface area contributed by atoms with Crippen LogP contribution in [0.1, 0.15) is 71.9 Å². The van der Waals surface area contributed by atoms with Gasteiger partial charge in [-0.2, -0.15) is 5.26 Å². The summed E-state index contributed by atoms with van der Waals surface area (Å²) in [5.74, 6) is -1.07. The Morgan fingerprint density at radius 1 is 1.22 bits per heavy atom. The molecule has 0 aliphatic carbocycles. The van der Waals surface area contributed by atoms with Crippen molar-refractivity contribution in [3.63, 3.8) is 0 Å². The minimum atomic E-state index is -2.69. The third-order valence-corrected chi connectivity index (χ3v) is 8.91. The molecule has 10 nitrogen and oxygen atoms in total. The fraction of sp³-hybridized carbons (Fsp3) is 0.469. The first kappa shape index (κ1) is 32.2. The lowest BCUT2D eigenvalue weighted by Crippen LogP contribution is -2.41. The molecule has 238 valence electrons. The van der Waals surface area contributed by atoms with E-state index >= 15 is 0 Å². The third-order valence-electron chi connectivity index (χ3n) is 7.82. The second kappa shape index (κ2) is 12.7. The van der Waals surface area contributed by atoms with E-state index < -0.39 is 12.3 Å². The number of thiophene rings is 1. The summed E-state index contributed by atoms with van der Waals surface area (Å²) in [6.07, 6.45) is 0.385. The first-order chi connectivity index (χ1) is 21.3. The maximum atomic E-state index is 13.5. The number of halogens is 2. The standard InChI is InChI=1S/C32H36F2N6O4S/c1-31(2,3)16-36-27(41)19-7-8-23-22(12-19)37-30(38-28(42)25-10-9-24(45-25)26(33)34)40(23)15-21-6-5-11-39(21)29(43)20(14-35)13-32(4)17-44-18-32/h7-10,12-13,21,26H,5-6,11,15-18H2,1-4H3,(H,36,41)(H,37,38,42). The van der Waals surface area contributed by atoms with Crippen LogP contribution < -0.4 is 10.6 Å². The van der Waals surface area contributed by atoms with Gasteiger partial charge in [-0.3, -0.25) is 19.7 Å². The number of anilines is 1. The number of ether oxygens (including phenoxy) is 1. The molecule has 0 spiro atoms. The van der Waals surface area contributed by atoms with Crippen LogP contribution in [0, 0.1) is 22.2 Å². The van der Waals surface area contributed by atoms with E-state index in [9.17, 15) is 28.4 Å². The van der Waals surface area contributed by atoms with Crippen LogP contribution in [0.5, 0.6) is 0 Å². The van der Waals surface area contributed by atoms with Crippen molar-refractivity contribution in [3.8, 4) is 6.07 Å². The number of carbonyl (C=O) groups excluding carboxylic acids is 3. The van der Waals surface area contributed by atoms with Crippen LogP contribution in [0.4, 0.5) is 14.7 Å². The molecule has 0 saturated carbocycles. The van der Waals surface area contributed by atoms with Crippen molar-refractivity contribution in [1.82, 2.24) is 19.8 Å². The Labute approximate surface area is 264 Å². The van der Waals surface area contributed by atoms with Crippen molar-refractivity contribution in [2.45, 2.75) is 59.5 Å². The molecule has 5 rings (SSSR count). The van der Waals surface area contributed by atoms with E-state index in [2.05, 4.69) is 21.7 Å². The van der Waals surface area contributed by atoms with Gasteiger partial charge in [-0.15, -0.1) is 11.3 Å². The zero-order valence-corrected chi connectivity index (χ0v) is 26.5. The zero-order chi connectivity index (χ0) is 32.5. The van der Waals surface area contributed by atoms with Crippen LogP contribution in [-0.4, -0.2) is 64.5 Å². The molecular weight excluding hydrogens is 602 g/mol. The topological polar surface area (TPSA) is 129 Å². The molecule has 2 aliphatic rings. The van der Waals surface area contributed by atoms with Gasteiger partial charge >= 0.3 is 0 Å². The van der Waals surface area contributed by atoms with Crippen molar-refractivity contribution in [2.75, 3.05) is 31.6 Å². The number of carbonyl (C=O) groups is 3. The van der Waals surface area contributed by atoms with Crippen molar-refractivity contribution in [1.29, 1.82) is 5.26 Å². The van der Waals surface area contributed by atoms with Crippen LogP contribution >= 0.6 is 11.3 Å². The number of nitriles is 1. The maximum absolute atomic E-state index is 13.5. The Morgan fingerprint density at radius 2 is 1.98 bits per heavy atom. The molecule has 1 aromatic carbocycles. The molecule has 13 heteroatoms. The summed E-state index contributed by atoms with van der Waals surface area (Å²) < 4.78 is 33.4. The molecule has 3 aromatic rings. The van der Waals surface area contributed by atoms with Crippen LogP contribution in [0.2, 0.25) is 0 Å². The van der Waals surface area contributed by atoms with E-state index in [-0.39, 0.29) is 56.5 Å². The number of aromatic nitrogens is 2. The van der Waals surface area contributed by atoms with Gasteiger partial charge in [0.15, 0.2) is 0 Å². The number of benzene rings is 1. The fourth-order valence-electron chi connectivity index (χ4n) is 5.41. The summed E-state index contributed by atoms with van der Waals surface area (Å²) >= 11 is 0.698. The lowest BCUT2D eigenvalue weighted by Gasteiger charge is -2.35. The summed E-state index contributed by atoms with van der Waals surface area (Å²) in [7, 11) is 0. The van der Waals surface area contributed by atoms with E-state index in [0.717, 1.165) is 6.42 Å². The van der Waals surface area contributed by atoms with E-state index in [1.807, 2.05) is 27.7 Å². The Morgan fingerprint density at radius 3 is 2.60 bits per heavy atom. The van der Waals surface area contributed by atoms with E-state index in [1.54, 1.807) is 33.7 Å². The van der Waals surface area contributed by atoms with Crippen LogP contribution in [0.3, 0.4) is 0 Å². The van der Waals surface area contributed by atoms with Crippen LogP contribution in [0.15, 0.2) is 42.0 Å². The minimum Gasteiger partial charge on any atom is -0.379 e. The van der Waals surface area contributed by atoms with Gasteiger partial charge < -0.3 is 19.5 Å². The highest BCUT2D eigenvalue weighted by Gasteiger charge is 2.36. The van der Waals surface area contributed by atoms with Gasteiger partial charge in [-0.1, -0.05) is 33.8 Å². The number of alkyl halides is 2. The summed E-state index contributed by atoms with van der Waals surface area (Å²) in [4.78, 5) is 45.8. The van der Waals surface area contributed by atoms with E-state index in [4.69, 9.17) is 4.74 Å². The highest BCUT2D eigenvalue weighted by Crippen LogP contribution is 2.32. The molecule has 0 bridgehead atoms. The zero-order valence-electron chi connectivity index (χ0n) is 25.7. The monoisotopic (exact) mass is 638 g/mol. The third kappa shape index (κ3) is 7.23. The highest BCUT2D eigenvalue weighted by atomic mass is 32.1. The molecule has 4 heterocycles. The molecule has 2 N–H and O–H groups in total. The average molecular weight is 639 g/mol. The number of nitrogens with one attached hydrogen (secondary N) is 2. The van der Waals surface area contributed by atoms with Crippen molar-refractivity contribution >= 4 is 46.0 Å². The largest absolute Gasteiger partial charge is 0.379 e. The number of hydrogen-bond acceptors (Lipinski definition) is 7. The quantitative estimate of drug-likeness (QED) is 0.234. The SMILES string of the molecule is CC(C)(C)CNC(=O)c1ccc2c(c1)nc(NC(=O)c1ccc(C(F)F)s1)n2CC1CCCN1C(=O)C(C#N)=CC1(C)COC1. The molecule has 0 radical (unpaired) electrons. The van der Waals surface area contributed by atoms with E-state index in [0.29, 0.717) is 60.7 Å². The fourth-order valence-corrected chi connectivity index (χ4v) is 6.17. The summed E-state index contributed by atoms with van der Waals surface area (Å²) in [6.45, 7) is 10.0. The molecule has 1 atom stereocenters. The van der Waals surface area contributed by atoms with Gasteiger partial charge in [0.1, 0.15) is 11.6 Å². The van der Waals surface area contributed by atoms with Gasteiger partial charge in [-0.05, 0) is 48.6 Å². The normalized spacial score (nSPS) is 18.1. The lowest BCUT2D eigenvalue weighted by atomic mass is 9.86. The number of rotatable bonds is 9. The van der Waals surface area contributed by atoms with Crippen LogP contribution in [-0.2, 0) is 16.1 Å². The van der Waals surface area contributed by atoms with Gasteiger partial charge in [0, 0.05) is 30.6 Å². The number of likely N-dealkylation sites (tertiary alicyclic amines) is 1. The Balaban J connectivity index is 1.46. The highest BCUT2D eigenvalue weighted by molar-refractivity contribution is 7.14. The summed E-state index contributed by atoms with van der Waals surface area (Å²) in [6, 6.07) is 9.36. The first-order valence-corrected chi connectivity index (χ1v) is 15.6. The molecule has 45 heavy (non-hydrogen) atoms. The summed E-state index contributed by atoms with van der Waals surface area (Å²) in [5.41, 5.74) is 1.04. The van der Waals surface area contributed by atoms with Crippen molar-refractivity contribution in [3.05, 3.63) is 57.3 Å². The predicted octanol–water partition coefficient (Wildman–Crippen LogP) is 5.54. The predicted molar refractivity (Wildman–Crippen MR) is 166 cm³/mol. The van der Waals surface area contributed by atoms with Gasteiger partial charge in [0.25, 0.3) is 24.1 Å². The average Bonchev–Trinajstić information content (AvgIpc) is 3.72. The van der Waals surface area contributed by atoms with Crippen LogP contribution in [0.25, 0.3) is 11.0 Å². The second-order valence-corrected chi connectivity index (χ2v) is 14.2.